The summed E-state index contributed by atoms with van der Waals surface area (Å²) in [4.78, 5) is 4.48. The summed E-state index contributed by atoms with van der Waals surface area (Å²) in [5, 5.41) is 0. The van der Waals surface area contributed by atoms with Crippen LogP contribution in [0.15, 0.2) is 52.9 Å². The van der Waals surface area contributed by atoms with Crippen LogP contribution in [0.5, 0.6) is 0 Å². The number of benzene rings is 2. The van der Waals surface area contributed by atoms with E-state index in [1.165, 1.54) is 0 Å². The van der Waals surface area contributed by atoms with E-state index in [1.54, 1.807) is 0 Å². The minimum Gasteiger partial charge on any atom is -0.229 e. The number of fused-ring (bicyclic) bond motifs is 2. The van der Waals surface area contributed by atoms with Crippen molar-refractivity contribution in [1.29, 1.82) is 0 Å². The lowest BCUT2D eigenvalue weighted by molar-refractivity contribution is -2.00. The van der Waals surface area contributed by atoms with Gasteiger partial charge in [-0.1, -0.05) is 24.3 Å². The van der Waals surface area contributed by atoms with E-state index < -0.39 is 10.2 Å². The molecule has 0 amide bonds. The number of rotatable bonds is 0. The second kappa shape index (κ2) is 5.43. The van der Waals surface area contributed by atoms with Gasteiger partial charge in [0.25, 0.3) is 0 Å². The van der Waals surface area contributed by atoms with Crippen LogP contribution < -0.4 is 18.6 Å². The van der Waals surface area contributed by atoms with Crippen LogP contribution in [0.3, 0.4) is 0 Å². The Bertz CT molecular complexity index is 587. The van der Waals surface area contributed by atoms with Crippen molar-refractivity contribution < 1.29 is 33.3 Å². The fraction of sp³-hybridized carbons (Fsp3) is 0. The number of aromatic nitrogens is 1. The van der Waals surface area contributed by atoms with Crippen LogP contribution in [0, 0.1) is 10.2 Å². The molecule has 0 atom stereocenters. The molecule has 3 rings (SSSR count). The normalized spacial score (nSPS) is 11.2. The molecule has 1 aromatic heterocycles. The predicted molar refractivity (Wildman–Crippen MR) is 55.9 cm³/mol. The molecule has 0 aliphatic rings. The molecule has 0 spiro atoms. The minimum absolute atomic E-state index is 0.825. The van der Waals surface area contributed by atoms with Crippen molar-refractivity contribution in [1.82, 2.24) is 4.98 Å². The summed E-state index contributed by atoms with van der Waals surface area (Å²) < 4.78 is 39.7. The maximum atomic E-state index is 8.49. The largest absolute Gasteiger partial charge is 0.379 e. The van der Waals surface area contributed by atoms with Crippen molar-refractivity contribution in [3.8, 4) is 0 Å². The first-order valence-electron chi connectivity index (χ1n) is 5.13. The van der Waals surface area contributed by atoms with Crippen molar-refractivity contribution in [3.63, 3.8) is 0 Å². The zero-order valence-corrected chi connectivity index (χ0v) is 10.2. The first kappa shape index (κ1) is 13.6. The summed E-state index contributed by atoms with van der Waals surface area (Å²) in [6.07, 6.45) is 0. The van der Waals surface area contributed by atoms with Gasteiger partial charge in [-0.25, -0.2) is 28.0 Å². The molecule has 6 nitrogen and oxygen atoms in total. The molecule has 19 heavy (non-hydrogen) atoms. The van der Waals surface area contributed by atoms with Gasteiger partial charge in [0, 0.05) is 12.1 Å². The van der Waals surface area contributed by atoms with Gasteiger partial charge in [0.15, 0.2) is 11.0 Å². The Morgan fingerprint density at radius 1 is 0.737 bits per heavy atom. The maximum Gasteiger partial charge on any atom is 0.379 e. The average Bonchev–Trinajstić information content (AvgIpc) is 2.34. The fourth-order valence-corrected chi connectivity index (χ4v) is 1.52. The molecule has 7 heteroatoms. The van der Waals surface area contributed by atoms with E-state index in [0.29, 0.717) is 0 Å². The van der Waals surface area contributed by atoms with Gasteiger partial charge >= 0.3 is 11.2 Å². The van der Waals surface area contributed by atoms with Gasteiger partial charge in [-0.3, -0.25) is 0 Å². The highest BCUT2D eigenvalue weighted by molar-refractivity contribution is 5.82. The van der Waals surface area contributed by atoms with E-state index >= 15 is 0 Å². The smallest absolute Gasteiger partial charge is 0.229 e. The van der Waals surface area contributed by atoms with Crippen molar-refractivity contribution in [2.75, 3.05) is 0 Å². The second-order valence-corrected chi connectivity index (χ2v) is 4.28. The van der Waals surface area contributed by atoms with Crippen LogP contribution in [0.2, 0.25) is 0 Å². The van der Waals surface area contributed by atoms with E-state index in [4.69, 9.17) is 23.1 Å². The van der Waals surface area contributed by atoms with Gasteiger partial charge in [0.1, 0.15) is 0 Å². The van der Waals surface area contributed by atoms with Crippen molar-refractivity contribution in [2.24, 2.45) is 0 Å². The second-order valence-electron chi connectivity index (χ2n) is 3.53. The first-order valence-corrected chi connectivity index (χ1v) is 6.36. The third-order valence-electron chi connectivity index (χ3n) is 2.19. The van der Waals surface area contributed by atoms with E-state index in [0.717, 1.165) is 22.2 Å². The summed E-state index contributed by atoms with van der Waals surface area (Å²) in [6.45, 7) is 0. The monoisotopic (exact) mass is 281 g/mol. The lowest BCUT2D eigenvalue weighted by Gasteiger charge is -2.17. The molecule has 3 aromatic rings. The van der Waals surface area contributed by atoms with Gasteiger partial charge in [0.05, 0.1) is 0 Å². The van der Waals surface area contributed by atoms with Gasteiger partial charge in [0.2, 0.25) is 0 Å². The number of nitrogens with zero attached hydrogens (tertiary/aromatic N) is 1. The molecule has 0 N–H and O–H groups in total. The van der Waals surface area contributed by atoms with Crippen LogP contribution in [-0.4, -0.2) is 4.98 Å². The Kier molecular flexibility index (Phi) is 3.89. The van der Waals surface area contributed by atoms with E-state index in [9.17, 15) is 0 Å². The minimum atomic E-state index is -4.94. The van der Waals surface area contributed by atoms with E-state index in [1.807, 2.05) is 48.5 Å². The summed E-state index contributed by atoms with van der Waals surface area (Å²) >= 11 is 0. The van der Waals surface area contributed by atoms with Crippen LogP contribution in [0.1, 0.15) is 0 Å². The van der Waals surface area contributed by atoms with Crippen molar-refractivity contribution >= 4 is 22.2 Å². The molecule has 98 valence electrons. The quantitative estimate of drug-likeness (QED) is 0.366. The van der Waals surface area contributed by atoms with E-state index in [2.05, 4.69) is 4.98 Å². The first-order chi connectivity index (χ1) is 8.93. The Hall–Kier alpha value is -1.83. The fourth-order valence-electron chi connectivity index (χ4n) is 1.52. The molecule has 0 fully saturated rings. The molecule has 0 unspecified atom stereocenters. The molecule has 0 saturated carbocycles. The molecule has 0 radical (unpaired) electrons. The molecular weight excluding hydrogens is 274 g/mol. The van der Waals surface area contributed by atoms with E-state index in [-0.39, 0.29) is 0 Å². The molecule has 0 aliphatic heterocycles. The van der Waals surface area contributed by atoms with Crippen LogP contribution in [0.25, 0.3) is 22.2 Å². The molecule has 2 aromatic carbocycles. The van der Waals surface area contributed by atoms with Crippen molar-refractivity contribution in [2.45, 2.75) is 0 Å². The van der Waals surface area contributed by atoms with Gasteiger partial charge in [-0.2, -0.15) is 0 Å². The third-order valence-corrected chi connectivity index (χ3v) is 2.19. The summed E-state index contributed by atoms with van der Waals surface area (Å²) in [5.41, 5.74) is 3.44. The average molecular weight is 282 g/mol. The molecule has 1 heterocycles. The standard InChI is InChI=1S/C12H8NO.ClHO4/c1-3-7-11-9(5-1)13-10-6-2-4-8-12(10)14-11;2-1(3,4)5/h1-8H;(H,2,3,4,5)/q+1;/p-1. The van der Waals surface area contributed by atoms with Crippen molar-refractivity contribution in [3.05, 3.63) is 48.5 Å². The summed E-state index contributed by atoms with van der Waals surface area (Å²) in [5.74, 6) is 0. The maximum absolute atomic E-state index is 8.49. The number of hydrogen-bond donors (Lipinski definition) is 0. The lowest BCUT2D eigenvalue weighted by Crippen LogP contribution is -2.68. The number of para-hydroxylation sites is 4. The number of hydrogen-bond acceptors (Lipinski definition) is 5. The lowest BCUT2D eigenvalue weighted by atomic mass is 10.3. The third kappa shape index (κ3) is 4.09. The van der Waals surface area contributed by atoms with Crippen LogP contribution >= 0.6 is 0 Å². The highest BCUT2D eigenvalue weighted by atomic mass is 35.7. The molecular formula is C12H8ClNO5. The molecule has 0 aliphatic carbocycles. The molecule has 0 bridgehead atoms. The topological polar surface area (TPSA) is 116 Å². The number of halogens is 1. The highest BCUT2D eigenvalue weighted by Crippen LogP contribution is 2.18. The summed E-state index contributed by atoms with van der Waals surface area (Å²) in [7, 11) is -4.94. The Morgan fingerprint density at radius 3 is 1.53 bits per heavy atom. The Balaban J connectivity index is 0.000000232. The van der Waals surface area contributed by atoms with Gasteiger partial charge in [-0.05, 0) is 12.1 Å². The van der Waals surface area contributed by atoms with Crippen LogP contribution in [0.4, 0.5) is 0 Å². The Labute approximate surface area is 109 Å². The SMILES string of the molecule is [O-][Cl+3]([O-])([O-])[O-].c1ccc2[o+]c3ccccc3nc2c1. The molecule has 0 saturated heterocycles. The van der Waals surface area contributed by atoms with Gasteiger partial charge in [-0.15, -0.1) is 10.2 Å². The van der Waals surface area contributed by atoms with Crippen LogP contribution in [-0.2, 0) is 0 Å². The zero-order valence-electron chi connectivity index (χ0n) is 9.49. The predicted octanol–water partition coefficient (Wildman–Crippen LogP) is -1.49. The van der Waals surface area contributed by atoms with Gasteiger partial charge < -0.3 is 0 Å². The zero-order chi connectivity index (χ0) is 13.9. The summed E-state index contributed by atoms with van der Waals surface area (Å²) in [6, 6.07) is 15.6. The highest BCUT2D eigenvalue weighted by Gasteiger charge is 2.10. The Morgan fingerprint density at radius 2 is 1.11 bits per heavy atom.